The van der Waals surface area contributed by atoms with Crippen LogP contribution in [0.25, 0.3) is 0 Å². The molecule has 30 heavy (non-hydrogen) atoms. The molecular weight excluding hydrogens is 515 g/mol. The SMILES string of the molecule is I.O=C(c1ccco1)N1CCN(C(=NCc2cccs2)NCCc2ccco2)CC1. The fourth-order valence-electron chi connectivity index (χ4n) is 3.25. The number of piperazine rings is 1. The van der Waals surface area contributed by atoms with Crippen molar-refractivity contribution in [3.63, 3.8) is 0 Å². The minimum Gasteiger partial charge on any atom is -0.469 e. The fraction of sp³-hybridized carbons (Fsp3) is 0.333. The average Bonchev–Trinajstić information content (AvgIpc) is 3.53. The van der Waals surface area contributed by atoms with Gasteiger partial charge in [-0.1, -0.05) is 6.07 Å². The molecule has 3 aromatic rings. The molecule has 0 spiro atoms. The van der Waals surface area contributed by atoms with Crippen LogP contribution < -0.4 is 5.32 Å². The van der Waals surface area contributed by atoms with Crippen LogP contribution in [0.15, 0.2) is 68.1 Å². The Labute approximate surface area is 196 Å². The van der Waals surface area contributed by atoms with Gasteiger partial charge < -0.3 is 24.0 Å². The lowest BCUT2D eigenvalue weighted by Gasteiger charge is -2.36. The van der Waals surface area contributed by atoms with Gasteiger partial charge in [0.1, 0.15) is 5.76 Å². The molecule has 1 N–H and O–H groups in total. The molecule has 9 heteroatoms. The number of rotatable bonds is 6. The zero-order valence-electron chi connectivity index (χ0n) is 16.5. The molecule has 4 rings (SSSR count). The summed E-state index contributed by atoms with van der Waals surface area (Å²) in [5, 5.41) is 5.52. The van der Waals surface area contributed by atoms with Crippen LogP contribution in [0, 0.1) is 0 Å². The first-order valence-corrected chi connectivity index (χ1v) is 10.6. The molecule has 1 aliphatic heterocycles. The van der Waals surface area contributed by atoms with E-state index in [2.05, 4.69) is 21.7 Å². The van der Waals surface area contributed by atoms with Gasteiger partial charge >= 0.3 is 0 Å². The first-order valence-electron chi connectivity index (χ1n) is 9.70. The highest BCUT2D eigenvalue weighted by Crippen LogP contribution is 2.12. The van der Waals surface area contributed by atoms with E-state index in [1.807, 2.05) is 23.1 Å². The lowest BCUT2D eigenvalue weighted by atomic mass is 10.3. The Morgan fingerprint density at radius 2 is 1.80 bits per heavy atom. The quantitative estimate of drug-likeness (QED) is 0.293. The Morgan fingerprint density at radius 1 is 1.03 bits per heavy atom. The molecule has 1 amide bonds. The van der Waals surface area contributed by atoms with Crippen LogP contribution in [0.2, 0.25) is 0 Å². The van der Waals surface area contributed by atoms with Crippen molar-refractivity contribution in [2.45, 2.75) is 13.0 Å². The summed E-state index contributed by atoms with van der Waals surface area (Å²) in [6, 6.07) is 11.5. The number of nitrogens with zero attached hydrogens (tertiary/aromatic N) is 3. The van der Waals surface area contributed by atoms with Crippen molar-refractivity contribution in [1.82, 2.24) is 15.1 Å². The largest absolute Gasteiger partial charge is 0.469 e. The molecular formula is C21H25IN4O3S. The maximum absolute atomic E-state index is 12.5. The third-order valence-electron chi connectivity index (χ3n) is 4.80. The van der Waals surface area contributed by atoms with Gasteiger partial charge in [-0.3, -0.25) is 4.79 Å². The molecule has 0 unspecified atom stereocenters. The summed E-state index contributed by atoms with van der Waals surface area (Å²) in [7, 11) is 0. The minimum atomic E-state index is -0.0579. The molecule has 0 aliphatic carbocycles. The van der Waals surface area contributed by atoms with Crippen molar-refractivity contribution in [3.8, 4) is 0 Å². The maximum Gasteiger partial charge on any atom is 0.289 e. The fourth-order valence-corrected chi connectivity index (χ4v) is 3.88. The molecule has 7 nitrogen and oxygen atoms in total. The van der Waals surface area contributed by atoms with Crippen molar-refractivity contribution in [2.75, 3.05) is 32.7 Å². The molecule has 4 heterocycles. The smallest absolute Gasteiger partial charge is 0.289 e. The minimum absolute atomic E-state index is 0. The van der Waals surface area contributed by atoms with Crippen LogP contribution in [-0.2, 0) is 13.0 Å². The van der Waals surface area contributed by atoms with E-state index in [-0.39, 0.29) is 29.9 Å². The number of guanidine groups is 1. The van der Waals surface area contributed by atoms with Gasteiger partial charge in [-0.2, -0.15) is 0 Å². The third kappa shape index (κ3) is 5.88. The van der Waals surface area contributed by atoms with Crippen LogP contribution in [0.1, 0.15) is 21.2 Å². The summed E-state index contributed by atoms with van der Waals surface area (Å²) in [6.07, 6.45) is 4.01. The van der Waals surface area contributed by atoms with E-state index < -0.39 is 0 Å². The van der Waals surface area contributed by atoms with E-state index in [9.17, 15) is 4.79 Å². The van der Waals surface area contributed by atoms with Crippen LogP contribution in [0.4, 0.5) is 0 Å². The summed E-state index contributed by atoms with van der Waals surface area (Å²) in [5.74, 6) is 2.15. The number of carbonyl (C=O) groups is 1. The highest BCUT2D eigenvalue weighted by Gasteiger charge is 2.25. The standard InChI is InChI=1S/C21H24N4O3S.HI/c26-20(19-6-2-14-28-19)24-9-11-25(12-10-24)21(23-16-18-5-3-15-29-18)22-8-7-17-4-1-13-27-17;/h1-6,13-15H,7-12,16H2,(H,22,23);1H. The molecule has 0 saturated carbocycles. The summed E-state index contributed by atoms with van der Waals surface area (Å²) in [5.41, 5.74) is 0. The molecule has 0 aromatic carbocycles. The zero-order valence-corrected chi connectivity index (χ0v) is 19.7. The highest BCUT2D eigenvalue weighted by molar-refractivity contribution is 14.0. The van der Waals surface area contributed by atoms with Crippen LogP contribution in [0.3, 0.4) is 0 Å². The number of thiophene rings is 1. The van der Waals surface area contributed by atoms with E-state index in [0.29, 0.717) is 25.4 Å². The summed E-state index contributed by atoms with van der Waals surface area (Å²) < 4.78 is 10.7. The summed E-state index contributed by atoms with van der Waals surface area (Å²) in [6.45, 7) is 4.11. The van der Waals surface area contributed by atoms with Crippen LogP contribution in [-0.4, -0.2) is 54.4 Å². The van der Waals surface area contributed by atoms with Crippen molar-refractivity contribution in [2.24, 2.45) is 4.99 Å². The molecule has 160 valence electrons. The second-order valence-electron chi connectivity index (χ2n) is 6.73. The number of furan rings is 2. The number of nitrogens with one attached hydrogen (secondary N) is 1. The van der Waals surface area contributed by atoms with Gasteiger partial charge in [0.15, 0.2) is 11.7 Å². The highest BCUT2D eigenvalue weighted by atomic mass is 127. The van der Waals surface area contributed by atoms with Gasteiger partial charge in [0.05, 0.1) is 19.1 Å². The maximum atomic E-state index is 12.5. The first kappa shape index (κ1) is 22.4. The van der Waals surface area contributed by atoms with Gasteiger partial charge in [0.2, 0.25) is 0 Å². The third-order valence-corrected chi connectivity index (χ3v) is 5.66. The molecule has 1 aliphatic rings. The molecule has 0 bridgehead atoms. The number of hydrogen-bond donors (Lipinski definition) is 1. The normalized spacial score (nSPS) is 14.5. The summed E-state index contributed by atoms with van der Waals surface area (Å²) >= 11 is 1.70. The van der Waals surface area contributed by atoms with Crippen molar-refractivity contribution < 1.29 is 13.6 Å². The molecule has 3 aromatic heterocycles. The van der Waals surface area contributed by atoms with Crippen molar-refractivity contribution >= 4 is 47.2 Å². The Morgan fingerprint density at radius 3 is 2.47 bits per heavy atom. The Balaban J connectivity index is 0.00000256. The van der Waals surface area contributed by atoms with Gasteiger partial charge in [0, 0.05) is 44.0 Å². The predicted molar refractivity (Wildman–Crippen MR) is 127 cm³/mol. The van der Waals surface area contributed by atoms with Crippen molar-refractivity contribution in [1.29, 1.82) is 0 Å². The molecule has 0 radical (unpaired) electrons. The topological polar surface area (TPSA) is 74.2 Å². The average molecular weight is 540 g/mol. The van der Waals surface area contributed by atoms with Crippen LogP contribution >= 0.6 is 35.3 Å². The molecule has 1 saturated heterocycles. The van der Waals surface area contributed by atoms with E-state index in [0.717, 1.165) is 37.8 Å². The Bertz CT molecular complexity index is 902. The second kappa shape index (κ2) is 11.2. The van der Waals surface area contributed by atoms with Gasteiger partial charge in [-0.05, 0) is 35.7 Å². The predicted octanol–water partition coefficient (Wildman–Crippen LogP) is 3.70. The van der Waals surface area contributed by atoms with Crippen LogP contribution in [0.5, 0.6) is 0 Å². The van der Waals surface area contributed by atoms with E-state index in [1.54, 1.807) is 29.7 Å². The summed E-state index contributed by atoms with van der Waals surface area (Å²) in [4.78, 5) is 22.6. The number of halogens is 1. The number of amides is 1. The molecule has 0 atom stereocenters. The zero-order chi connectivity index (χ0) is 19.9. The number of carbonyl (C=O) groups excluding carboxylic acids is 1. The second-order valence-corrected chi connectivity index (χ2v) is 7.76. The van der Waals surface area contributed by atoms with Gasteiger partial charge in [0.25, 0.3) is 5.91 Å². The lowest BCUT2D eigenvalue weighted by Crippen LogP contribution is -2.54. The first-order chi connectivity index (χ1) is 14.3. The Hall–Kier alpha value is -2.27. The van der Waals surface area contributed by atoms with E-state index in [4.69, 9.17) is 13.8 Å². The van der Waals surface area contributed by atoms with E-state index in [1.165, 1.54) is 11.1 Å². The lowest BCUT2D eigenvalue weighted by molar-refractivity contribution is 0.0657. The molecule has 1 fully saturated rings. The van der Waals surface area contributed by atoms with Crippen molar-refractivity contribution in [3.05, 3.63) is 70.7 Å². The van der Waals surface area contributed by atoms with Gasteiger partial charge in [-0.15, -0.1) is 35.3 Å². The monoisotopic (exact) mass is 540 g/mol. The number of hydrogen-bond acceptors (Lipinski definition) is 5. The Kier molecular flexibility index (Phi) is 8.38. The van der Waals surface area contributed by atoms with Gasteiger partial charge in [-0.25, -0.2) is 4.99 Å². The number of aliphatic imine (C=N–C) groups is 1. The van der Waals surface area contributed by atoms with E-state index >= 15 is 0 Å².